The number of hydrogen-bond acceptors (Lipinski definition) is 1. The van der Waals surface area contributed by atoms with Gasteiger partial charge in [0.2, 0.25) is 0 Å². The van der Waals surface area contributed by atoms with Gasteiger partial charge in [0.05, 0.1) is 5.56 Å². The van der Waals surface area contributed by atoms with Gasteiger partial charge in [-0.3, -0.25) is 0 Å². The molecule has 0 bridgehead atoms. The van der Waals surface area contributed by atoms with Gasteiger partial charge >= 0.3 is 6.18 Å². The highest BCUT2D eigenvalue weighted by Gasteiger charge is 2.34. The summed E-state index contributed by atoms with van der Waals surface area (Å²) in [4.78, 5) is 0. The molecule has 0 aliphatic rings. The number of likely N-dealkylation sites (N-methyl/N-ethyl adjacent to an activating group) is 1. The van der Waals surface area contributed by atoms with E-state index in [0.29, 0.717) is 6.42 Å². The van der Waals surface area contributed by atoms with Crippen LogP contribution in [0.25, 0.3) is 0 Å². The molecule has 0 aliphatic heterocycles. The first-order valence-corrected chi connectivity index (χ1v) is 7.29. The van der Waals surface area contributed by atoms with E-state index in [1.54, 1.807) is 13.1 Å². The van der Waals surface area contributed by atoms with Crippen LogP contribution in [0.3, 0.4) is 0 Å². The number of alkyl halides is 3. The minimum Gasteiger partial charge on any atom is -0.313 e. The van der Waals surface area contributed by atoms with Crippen LogP contribution in [0.1, 0.15) is 22.7 Å². The van der Waals surface area contributed by atoms with E-state index in [-0.39, 0.29) is 5.56 Å². The lowest BCUT2D eigenvalue weighted by Gasteiger charge is -2.22. The Morgan fingerprint density at radius 1 is 1.05 bits per heavy atom. The normalized spacial score (nSPS) is 13.2. The lowest BCUT2D eigenvalue weighted by atomic mass is 9.94. The van der Waals surface area contributed by atoms with E-state index < -0.39 is 17.8 Å². The van der Waals surface area contributed by atoms with E-state index >= 15 is 0 Å². The smallest absolute Gasteiger partial charge is 0.313 e. The van der Waals surface area contributed by atoms with Gasteiger partial charge in [0, 0.05) is 10.5 Å². The van der Waals surface area contributed by atoms with E-state index in [9.17, 15) is 13.2 Å². The highest BCUT2D eigenvalue weighted by molar-refractivity contribution is 9.10. The van der Waals surface area contributed by atoms with Crippen molar-refractivity contribution in [3.63, 3.8) is 0 Å². The summed E-state index contributed by atoms with van der Waals surface area (Å²) in [5.41, 5.74) is 0.647. The van der Waals surface area contributed by atoms with Crippen LogP contribution in [-0.4, -0.2) is 7.05 Å². The first kappa shape index (κ1) is 16.0. The Morgan fingerprint density at radius 2 is 1.67 bits per heavy atom. The van der Waals surface area contributed by atoms with Gasteiger partial charge in [-0.1, -0.05) is 52.3 Å². The zero-order valence-electron chi connectivity index (χ0n) is 11.4. The molecular formula is C16H15BrF3N. The molecule has 2 rings (SSSR count). The fraction of sp³-hybridized carbons (Fsp3) is 0.250. The molecule has 1 nitrogen and oxygen atoms in total. The van der Waals surface area contributed by atoms with Gasteiger partial charge in [-0.2, -0.15) is 13.2 Å². The van der Waals surface area contributed by atoms with Crippen LogP contribution in [0, 0.1) is 0 Å². The average Bonchev–Trinajstić information content (AvgIpc) is 2.45. The molecule has 1 unspecified atom stereocenters. The van der Waals surface area contributed by atoms with Crippen LogP contribution < -0.4 is 5.32 Å². The molecular weight excluding hydrogens is 343 g/mol. The van der Waals surface area contributed by atoms with Crippen molar-refractivity contribution in [3.8, 4) is 0 Å². The van der Waals surface area contributed by atoms with Crippen LogP contribution in [-0.2, 0) is 12.6 Å². The Kier molecular flexibility index (Phi) is 5.06. The summed E-state index contributed by atoms with van der Waals surface area (Å²) in [6, 6.07) is 12.9. The van der Waals surface area contributed by atoms with E-state index in [2.05, 4.69) is 21.2 Å². The van der Waals surface area contributed by atoms with E-state index in [1.807, 2.05) is 24.3 Å². The summed E-state index contributed by atoms with van der Waals surface area (Å²) < 4.78 is 40.3. The summed E-state index contributed by atoms with van der Waals surface area (Å²) in [6.45, 7) is 0. The topological polar surface area (TPSA) is 12.0 Å². The van der Waals surface area contributed by atoms with Crippen molar-refractivity contribution in [1.29, 1.82) is 0 Å². The van der Waals surface area contributed by atoms with Gasteiger partial charge in [-0.15, -0.1) is 0 Å². The lowest BCUT2D eigenvalue weighted by molar-refractivity contribution is -0.138. The molecule has 0 amide bonds. The molecule has 0 fully saturated rings. The maximum absolute atomic E-state index is 13.1. The first-order chi connectivity index (χ1) is 9.93. The molecule has 0 radical (unpaired) electrons. The molecule has 21 heavy (non-hydrogen) atoms. The van der Waals surface area contributed by atoms with E-state index in [4.69, 9.17) is 0 Å². The molecule has 2 aromatic carbocycles. The predicted octanol–water partition coefficient (Wildman–Crippen LogP) is 4.97. The Morgan fingerprint density at radius 3 is 2.29 bits per heavy atom. The number of benzene rings is 2. The Labute approximate surface area is 130 Å². The molecule has 2 aromatic rings. The zero-order valence-corrected chi connectivity index (χ0v) is 13.0. The van der Waals surface area contributed by atoms with Crippen molar-refractivity contribution >= 4 is 15.9 Å². The molecule has 0 aliphatic carbocycles. The average molecular weight is 358 g/mol. The number of nitrogens with one attached hydrogen (secondary N) is 1. The molecule has 1 atom stereocenters. The van der Waals surface area contributed by atoms with Crippen LogP contribution >= 0.6 is 15.9 Å². The monoisotopic (exact) mass is 357 g/mol. The standard InChI is InChI=1S/C16H15BrF3N/c1-21-15(10-11-6-2-5-9-14(11)17)12-7-3-4-8-13(12)16(18,19)20/h2-9,15,21H,10H2,1H3. The van der Waals surface area contributed by atoms with Gasteiger partial charge in [0.1, 0.15) is 0 Å². The highest BCUT2D eigenvalue weighted by Crippen LogP contribution is 2.35. The fourth-order valence-electron chi connectivity index (χ4n) is 2.31. The summed E-state index contributed by atoms with van der Waals surface area (Å²) in [7, 11) is 1.68. The molecule has 0 saturated carbocycles. The molecule has 0 spiro atoms. The second-order valence-electron chi connectivity index (χ2n) is 4.72. The van der Waals surface area contributed by atoms with Gasteiger partial charge in [-0.25, -0.2) is 0 Å². The van der Waals surface area contributed by atoms with Crippen molar-refractivity contribution in [2.45, 2.75) is 18.6 Å². The first-order valence-electron chi connectivity index (χ1n) is 6.50. The van der Waals surface area contributed by atoms with Crippen LogP contribution in [0.2, 0.25) is 0 Å². The third-order valence-corrected chi connectivity index (χ3v) is 4.15. The largest absolute Gasteiger partial charge is 0.416 e. The predicted molar refractivity (Wildman–Crippen MR) is 81.1 cm³/mol. The van der Waals surface area contributed by atoms with E-state index in [1.165, 1.54) is 12.1 Å². The molecule has 0 heterocycles. The molecule has 5 heteroatoms. The Hall–Kier alpha value is -1.33. The number of hydrogen-bond donors (Lipinski definition) is 1. The van der Waals surface area contributed by atoms with Crippen LogP contribution in [0.4, 0.5) is 13.2 Å². The van der Waals surface area contributed by atoms with Crippen molar-refractivity contribution < 1.29 is 13.2 Å². The SMILES string of the molecule is CNC(Cc1ccccc1Br)c1ccccc1C(F)(F)F. The van der Waals surface area contributed by atoms with Crippen molar-refractivity contribution in [3.05, 3.63) is 69.7 Å². The maximum Gasteiger partial charge on any atom is 0.416 e. The third kappa shape index (κ3) is 3.86. The Balaban J connectivity index is 2.37. The molecule has 1 N–H and O–H groups in total. The lowest BCUT2D eigenvalue weighted by Crippen LogP contribution is -2.23. The third-order valence-electron chi connectivity index (χ3n) is 3.37. The van der Waals surface area contributed by atoms with E-state index in [0.717, 1.165) is 16.1 Å². The minimum absolute atomic E-state index is 0.267. The maximum atomic E-state index is 13.1. The van der Waals surface area contributed by atoms with Crippen LogP contribution in [0.15, 0.2) is 53.0 Å². The highest BCUT2D eigenvalue weighted by atomic mass is 79.9. The van der Waals surface area contributed by atoms with Gasteiger partial charge in [0.25, 0.3) is 0 Å². The van der Waals surface area contributed by atoms with Crippen molar-refractivity contribution in [2.24, 2.45) is 0 Å². The summed E-state index contributed by atoms with van der Waals surface area (Å²) >= 11 is 3.43. The zero-order chi connectivity index (χ0) is 15.5. The summed E-state index contributed by atoms with van der Waals surface area (Å²) in [5.74, 6) is 0. The van der Waals surface area contributed by atoms with Gasteiger partial charge in [0.15, 0.2) is 0 Å². The summed E-state index contributed by atoms with van der Waals surface area (Å²) in [6.07, 6.45) is -3.87. The van der Waals surface area contributed by atoms with Gasteiger partial charge < -0.3 is 5.32 Å². The molecule has 0 aromatic heterocycles. The Bertz CT molecular complexity index is 610. The number of rotatable bonds is 4. The van der Waals surface area contributed by atoms with Gasteiger partial charge in [-0.05, 0) is 36.7 Å². The quantitative estimate of drug-likeness (QED) is 0.814. The molecule has 112 valence electrons. The summed E-state index contributed by atoms with van der Waals surface area (Å²) in [5, 5.41) is 2.99. The fourth-order valence-corrected chi connectivity index (χ4v) is 2.76. The van der Waals surface area contributed by atoms with Crippen molar-refractivity contribution in [2.75, 3.05) is 7.05 Å². The van der Waals surface area contributed by atoms with Crippen LogP contribution in [0.5, 0.6) is 0 Å². The second kappa shape index (κ2) is 6.62. The van der Waals surface area contributed by atoms with Crippen molar-refractivity contribution in [1.82, 2.24) is 5.32 Å². The molecule has 0 saturated heterocycles. The minimum atomic E-state index is -4.35. The number of halogens is 4. The second-order valence-corrected chi connectivity index (χ2v) is 5.58.